The maximum Gasteiger partial charge on any atom is 0.00341 e. The van der Waals surface area contributed by atoms with Gasteiger partial charge in [0.1, 0.15) is 0 Å². The van der Waals surface area contributed by atoms with Crippen molar-refractivity contribution in [1.82, 2.24) is 0 Å². The second-order valence-corrected chi connectivity index (χ2v) is 4.20. The first-order valence-electron chi connectivity index (χ1n) is 5.00. The Morgan fingerprint density at radius 2 is 2.08 bits per heavy atom. The topological polar surface area (TPSA) is 0 Å². The van der Waals surface area contributed by atoms with E-state index in [2.05, 4.69) is 39.0 Å². The average Bonchev–Trinajstić information content (AvgIpc) is 2.06. The summed E-state index contributed by atoms with van der Waals surface area (Å²) in [5.74, 6) is 0. The third-order valence-corrected chi connectivity index (χ3v) is 2.70. The molecule has 1 aliphatic rings. The van der Waals surface area contributed by atoms with Crippen LogP contribution in [0.15, 0.2) is 23.8 Å². The molecule has 0 saturated carbocycles. The van der Waals surface area contributed by atoms with E-state index >= 15 is 0 Å². The van der Waals surface area contributed by atoms with E-state index in [4.69, 9.17) is 0 Å². The summed E-state index contributed by atoms with van der Waals surface area (Å²) in [6.07, 6.45) is 12.3. The van der Waals surface area contributed by atoms with Gasteiger partial charge in [-0.2, -0.15) is 0 Å². The van der Waals surface area contributed by atoms with Crippen LogP contribution in [0.25, 0.3) is 0 Å². The molecule has 0 nitrogen and oxygen atoms in total. The van der Waals surface area contributed by atoms with Gasteiger partial charge in [-0.1, -0.05) is 37.6 Å². The fourth-order valence-electron chi connectivity index (χ4n) is 1.95. The van der Waals surface area contributed by atoms with Crippen LogP contribution in [0.1, 0.15) is 46.5 Å². The molecule has 0 aromatic carbocycles. The molecule has 0 bridgehead atoms. The minimum Gasteiger partial charge on any atom is -0.0908 e. The quantitative estimate of drug-likeness (QED) is 0.539. The second-order valence-electron chi connectivity index (χ2n) is 4.20. The second kappa shape index (κ2) is 3.93. The molecule has 0 N–H and O–H groups in total. The summed E-state index contributed by atoms with van der Waals surface area (Å²) < 4.78 is 0. The van der Waals surface area contributed by atoms with Gasteiger partial charge in [0.2, 0.25) is 0 Å². The lowest BCUT2D eigenvalue weighted by Crippen LogP contribution is -2.13. The zero-order chi connectivity index (χ0) is 9.03. The minimum absolute atomic E-state index is 0.301. The molecule has 0 aliphatic heterocycles. The first kappa shape index (κ1) is 9.57. The molecule has 1 rings (SSSR count). The molecule has 0 aromatic rings. The smallest absolute Gasteiger partial charge is 0.00341 e. The summed E-state index contributed by atoms with van der Waals surface area (Å²) in [7, 11) is 0. The van der Waals surface area contributed by atoms with E-state index in [0.29, 0.717) is 5.41 Å². The molecule has 1 aliphatic carbocycles. The Hall–Kier alpha value is -0.520. The average molecular weight is 164 g/mol. The van der Waals surface area contributed by atoms with Crippen LogP contribution < -0.4 is 0 Å². The van der Waals surface area contributed by atoms with E-state index in [1.807, 2.05) is 0 Å². The van der Waals surface area contributed by atoms with Crippen molar-refractivity contribution in [1.29, 1.82) is 0 Å². The number of allylic oxidation sites excluding steroid dienone is 4. The van der Waals surface area contributed by atoms with E-state index in [-0.39, 0.29) is 0 Å². The lowest BCUT2D eigenvalue weighted by Gasteiger charge is -2.27. The molecular weight excluding hydrogens is 144 g/mol. The van der Waals surface area contributed by atoms with Gasteiger partial charge >= 0.3 is 0 Å². The first-order chi connectivity index (χ1) is 5.67. The van der Waals surface area contributed by atoms with Crippen molar-refractivity contribution in [2.75, 3.05) is 0 Å². The molecule has 12 heavy (non-hydrogen) atoms. The van der Waals surface area contributed by atoms with Crippen LogP contribution in [0.2, 0.25) is 0 Å². The predicted octanol–water partition coefficient (Wildman–Crippen LogP) is 4.09. The van der Waals surface area contributed by atoms with Crippen molar-refractivity contribution in [2.45, 2.75) is 46.5 Å². The predicted molar refractivity (Wildman–Crippen MR) is 55.1 cm³/mol. The largest absolute Gasteiger partial charge is 0.0908 e. The van der Waals surface area contributed by atoms with E-state index in [0.717, 1.165) is 0 Å². The molecule has 0 heteroatoms. The Kier molecular flexibility index (Phi) is 3.13. The summed E-state index contributed by atoms with van der Waals surface area (Å²) in [4.78, 5) is 0. The van der Waals surface area contributed by atoms with Crippen molar-refractivity contribution in [2.24, 2.45) is 5.41 Å². The highest BCUT2D eigenvalue weighted by Crippen LogP contribution is 2.34. The summed E-state index contributed by atoms with van der Waals surface area (Å²) in [6, 6.07) is 0. The standard InChI is InChI=1S/C12H20/c1-4-10-12(2,3)11-8-6-5-7-9-11/h4,8,10H,5-7,9H2,1-3H3/b10-4+. The van der Waals surface area contributed by atoms with Gasteiger partial charge in [-0.05, 0) is 32.6 Å². The molecule has 0 spiro atoms. The molecule has 0 amide bonds. The van der Waals surface area contributed by atoms with Crippen LogP contribution in [0.5, 0.6) is 0 Å². The van der Waals surface area contributed by atoms with Gasteiger partial charge in [-0.15, -0.1) is 0 Å². The van der Waals surface area contributed by atoms with Gasteiger partial charge in [0.15, 0.2) is 0 Å². The molecule has 0 heterocycles. The van der Waals surface area contributed by atoms with Gasteiger partial charge in [0.25, 0.3) is 0 Å². The molecule has 0 aromatic heterocycles. The van der Waals surface area contributed by atoms with E-state index in [1.165, 1.54) is 25.7 Å². The van der Waals surface area contributed by atoms with Crippen molar-refractivity contribution >= 4 is 0 Å². The number of hydrogen-bond acceptors (Lipinski definition) is 0. The molecule has 0 radical (unpaired) electrons. The summed E-state index contributed by atoms with van der Waals surface area (Å²) >= 11 is 0. The van der Waals surface area contributed by atoms with Gasteiger partial charge in [-0.3, -0.25) is 0 Å². The van der Waals surface area contributed by atoms with E-state index < -0.39 is 0 Å². The van der Waals surface area contributed by atoms with Crippen LogP contribution in [0.3, 0.4) is 0 Å². The van der Waals surface area contributed by atoms with Crippen molar-refractivity contribution in [3.8, 4) is 0 Å². The normalized spacial score (nSPS) is 19.8. The van der Waals surface area contributed by atoms with Crippen LogP contribution >= 0.6 is 0 Å². The zero-order valence-corrected chi connectivity index (χ0v) is 8.56. The lowest BCUT2D eigenvalue weighted by atomic mass is 9.78. The van der Waals surface area contributed by atoms with Gasteiger partial charge < -0.3 is 0 Å². The molecular formula is C12H20. The van der Waals surface area contributed by atoms with Crippen molar-refractivity contribution in [3.05, 3.63) is 23.8 Å². The van der Waals surface area contributed by atoms with Crippen LogP contribution in [0, 0.1) is 5.41 Å². The van der Waals surface area contributed by atoms with Crippen LogP contribution in [0.4, 0.5) is 0 Å². The highest BCUT2D eigenvalue weighted by Gasteiger charge is 2.20. The SMILES string of the molecule is C/C=C/C(C)(C)C1=CCCCC1. The Balaban J connectivity index is 2.72. The summed E-state index contributed by atoms with van der Waals surface area (Å²) in [5.41, 5.74) is 1.93. The third-order valence-electron chi connectivity index (χ3n) is 2.70. The number of rotatable bonds is 2. The van der Waals surface area contributed by atoms with Crippen molar-refractivity contribution in [3.63, 3.8) is 0 Å². The zero-order valence-electron chi connectivity index (χ0n) is 8.56. The first-order valence-corrected chi connectivity index (χ1v) is 5.00. The number of hydrogen-bond donors (Lipinski definition) is 0. The summed E-state index contributed by atoms with van der Waals surface area (Å²) in [6.45, 7) is 6.72. The van der Waals surface area contributed by atoms with Crippen molar-refractivity contribution < 1.29 is 0 Å². The third kappa shape index (κ3) is 2.23. The Labute approximate surface area is 76.4 Å². The fourth-order valence-corrected chi connectivity index (χ4v) is 1.95. The molecule has 68 valence electrons. The van der Waals surface area contributed by atoms with Gasteiger partial charge in [-0.25, -0.2) is 0 Å². The molecule has 0 atom stereocenters. The monoisotopic (exact) mass is 164 g/mol. The Morgan fingerprint density at radius 1 is 1.33 bits per heavy atom. The minimum atomic E-state index is 0.301. The van der Waals surface area contributed by atoms with Gasteiger partial charge in [0.05, 0.1) is 0 Å². The maximum absolute atomic E-state index is 2.43. The van der Waals surface area contributed by atoms with Crippen LogP contribution in [-0.4, -0.2) is 0 Å². The fraction of sp³-hybridized carbons (Fsp3) is 0.667. The highest BCUT2D eigenvalue weighted by atomic mass is 14.2. The molecule has 0 unspecified atom stereocenters. The van der Waals surface area contributed by atoms with Gasteiger partial charge in [0, 0.05) is 5.41 Å². The Bertz CT molecular complexity index is 194. The highest BCUT2D eigenvalue weighted by molar-refractivity contribution is 5.20. The van der Waals surface area contributed by atoms with Crippen LogP contribution in [-0.2, 0) is 0 Å². The maximum atomic E-state index is 2.43. The van der Waals surface area contributed by atoms with E-state index in [9.17, 15) is 0 Å². The summed E-state index contributed by atoms with van der Waals surface area (Å²) in [5, 5.41) is 0. The Morgan fingerprint density at radius 3 is 2.58 bits per heavy atom. The lowest BCUT2D eigenvalue weighted by molar-refractivity contribution is 0.516. The van der Waals surface area contributed by atoms with E-state index in [1.54, 1.807) is 5.57 Å². The molecule has 0 fully saturated rings. The molecule has 0 saturated heterocycles.